The number of ether oxygens (including phenoxy) is 1. The zero-order valence-corrected chi connectivity index (χ0v) is 13.7. The van der Waals surface area contributed by atoms with Crippen LogP contribution in [0.25, 0.3) is 10.9 Å². The normalized spacial score (nSPS) is 10.5. The summed E-state index contributed by atoms with van der Waals surface area (Å²) in [5.74, 6) is 0.737. The standard InChI is InChI=1S/C20H20N2O2/c1-15-5-2-6-16(13-15)14-19(23)21-11-12-24-18-9-3-7-17-8-4-10-22-20(17)18/h2-10,13H,11-12,14H2,1H3,(H,21,23). The number of nitrogens with one attached hydrogen (secondary N) is 1. The Balaban J connectivity index is 1.49. The van der Waals surface area contributed by atoms with E-state index in [2.05, 4.69) is 10.3 Å². The molecule has 1 aromatic heterocycles. The van der Waals surface area contributed by atoms with Crippen LogP contribution in [0.1, 0.15) is 11.1 Å². The van der Waals surface area contributed by atoms with Crippen LogP contribution in [0.15, 0.2) is 60.8 Å². The van der Waals surface area contributed by atoms with E-state index >= 15 is 0 Å². The number of benzene rings is 2. The molecule has 3 aromatic rings. The quantitative estimate of drug-likeness (QED) is 0.709. The number of rotatable bonds is 6. The van der Waals surface area contributed by atoms with Crippen molar-refractivity contribution in [2.75, 3.05) is 13.2 Å². The maximum atomic E-state index is 12.0. The van der Waals surface area contributed by atoms with Crippen molar-refractivity contribution in [1.82, 2.24) is 10.3 Å². The summed E-state index contributed by atoms with van der Waals surface area (Å²) < 4.78 is 5.76. The number of para-hydroxylation sites is 1. The average Bonchev–Trinajstić information content (AvgIpc) is 2.59. The van der Waals surface area contributed by atoms with Gasteiger partial charge in [0.2, 0.25) is 5.91 Å². The molecule has 0 radical (unpaired) electrons. The van der Waals surface area contributed by atoms with Crippen molar-refractivity contribution in [2.24, 2.45) is 0 Å². The predicted molar refractivity (Wildman–Crippen MR) is 95.1 cm³/mol. The van der Waals surface area contributed by atoms with Crippen LogP contribution in [0.5, 0.6) is 5.75 Å². The van der Waals surface area contributed by atoms with Crippen molar-refractivity contribution < 1.29 is 9.53 Å². The fourth-order valence-electron chi connectivity index (χ4n) is 2.61. The lowest BCUT2D eigenvalue weighted by Gasteiger charge is -2.09. The molecule has 0 fully saturated rings. The van der Waals surface area contributed by atoms with Gasteiger partial charge in [-0.05, 0) is 24.6 Å². The molecule has 1 N–H and O–H groups in total. The molecule has 1 heterocycles. The van der Waals surface area contributed by atoms with Crippen LogP contribution in [0.3, 0.4) is 0 Å². The van der Waals surface area contributed by atoms with E-state index in [0.29, 0.717) is 19.6 Å². The van der Waals surface area contributed by atoms with Gasteiger partial charge in [-0.25, -0.2) is 0 Å². The minimum atomic E-state index is 0.000227. The summed E-state index contributed by atoms with van der Waals surface area (Å²) in [5.41, 5.74) is 3.02. The molecule has 0 unspecified atom stereocenters. The van der Waals surface area contributed by atoms with Crippen molar-refractivity contribution in [3.05, 3.63) is 71.9 Å². The first-order chi connectivity index (χ1) is 11.7. The summed E-state index contributed by atoms with van der Waals surface area (Å²) in [6.07, 6.45) is 2.14. The molecule has 4 heteroatoms. The van der Waals surface area contributed by atoms with E-state index in [1.165, 1.54) is 0 Å². The SMILES string of the molecule is Cc1cccc(CC(=O)NCCOc2cccc3cccnc23)c1. The van der Waals surface area contributed by atoms with Crippen LogP contribution >= 0.6 is 0 Å². The van der Waals surface area contributed by atoms with E-state index in [0.717, 1.165) is 27.8 Å². The zero-order chi connectivity index (χ0) is 16.8. The maximum Gasteiger partial charge on any atom is 0.224 e. The van der Waals surface area contributed by atoms with Gasteiger partial charge < -0.3 is 10.1 Å². The lowest BCUT2D eigenvalue weighted by molar-refractivity contribution is -0.120. The maximum absolute atomic E-state index is 12.0. The Morgan fingerprint density at radius 1 is 1.12 bits per heavy atom. The lowest BCUT2D eigenvalue weighted by atomic mass is 10.1. The van der Waals surface area contributed by atoms with Crippen molar-refractivity contribution in [1.29, 1.82) is 0 Å². The monoisotopic (exact) mass is 320 g/mol. The largest absolute Gasteiger partial charge is 0.489 e. The first kappa shape index (κ1) is 16.0. The summed E-state index contributed by atoms with van der Waals surface area (Å²) >= 11 is 0. The molecule has 1 amide bonds. The average molecular weight is 320 g/mol. The molecule has 0 aliphatic heterocycles. The van der Waals surface area contributed by atoms with Crippen LogP contribution < -0.4 is 10.1 Å². The number of carbonyl (C=O) groups is 1. The van der Waals surface area contributed by atoms with Crippen LogP contribution in [-0.4, -0.2) is 24.0 Å². The van der Waals surface area contributed by atoms with E-state index in [-0.39, 0.29) is 5.91 Å². The topological polar surface area (TPSA) is 51.2 Å². The molecule has 3 rings (SSSR count). The van der Waals surface area contributed by atoms with E-state index in [1.807, 2.05) is 61.5 Å². The van der Waals surface area contributed by atoms with E-state index < -0.39 is 0 Å². The molecule has 0 spiro atoms. The van der Waals surface area contributed by atoms with Crippen molar-refractivity contribution in [2.45, 2.75) is 13.3 Å². The van der Waals surface area contributed by atoms with Gasteiger partial charge >= 0.3 is 0 Å². The van der Waals surface area contributed by atoms with Crippen LogP contribution in [0.2, 0.25) is 0 Å². The van der Waals surface area contributed by atoms with Gasteiger partial charge in [0, 0.05) is 11.6 Å². The Morgan fingerprint density at radius 2 is 1.96 bits per heavy atom. The molecule has 0 saturated carbocycles. The molecule has 0 atom stereocenters. The highest BCUT2D eigenvalue weighted by atomic mass is 16.5. The van der Waals surface area contributed by atoms with E-state index in [9.17, 15) is 4.79 Å². The smallest absolute Gasteiger partial charge is 0.224 e. The third-order valence-corrected chi connectivity index (χ3v) is 3.72. The fraction of sp³-hybridized carbons (Fsp3) is 0.200. The number of carbonyl (C=O) groups excluding carboxylic acids is 1. The highest BCUT2D eigenvalue weighted by molar-refractivity contribution is 5.84. The molecule has 0 aliphatic rings. The first-order valence-corrected chi connectivity index (χ1v) is 8.01. The molecule has 24 heavy (non-hydrogen) atoms. The highest BCUT2D eigenvalue weighted by Gasteiger charge is 2.05. The fourth-order valence-corrected chi connectivity index (χ4v) is 2.61. The Morgan fingerprint density at radius 3 is 2.83 bits per heavy atom. The second-order valence-electron chi connectivity index (χ2n) is 5.70. The second kappa shape index (κ2) is 7.59. The summed E-state index contributed by atoms with van der Waals surface area (Å²) in [4.78, 5) is 16.3. The Hall–Kier alpha value is -2.88. The Kier molecular flexibility index (Phi) is 5.06. The van der Waals surface area contributed by atoms with Gasteiger partial charge in [0.15, 0.2) is 0 Å². The summed E-state index contributed by atoms with van der Waals surface area (Å²) in [7, 11) is 0. The minimum absolute atomic E-state index is 0.000227. The molecule has 122 valence electrons. The van der Waals surface area contributed by atoms with Crippen molar-refractivity contribution in [3.63, 3.8) is 0 Å². The van der Waals surface area contributed by atoms with Gasteiger partial charge in [-0.1, -0.05) is 48.0 Å². The molecule has 4 nitrogen and oxygen atoms in total. The van der Waals surface area contributed by atoms with Crippen LogP contribution in [0, 0.1) is 6.92 Å². The highest BCUT2D eigenvalue weighted by Crippen LogP contribution is 2.22. The molecule has 0 bridgehead atoms. The molecular weight excluding hydrogens is 300 g/mol. The zero-order valence-electron chi connectivity index (χ0n) is 13.7. The van der Waals surface area contributed by atoms with Crippen LogP contribution in [0.4, 0.5) is 0 Å². The Labute approximate surface area is 141 Å². The number of nitrogens with zero attached hydrogens (tertiary/aromatic N) is 1. The molecule has 2 aromatic carbocycles. The van der Waals surface area contributed by atoms with Gasteiger partial charge in [0.05, 0.1) is 13.0 Å². The number of hydrogen-bond acceptors (Lipinski definition) is 3. The van der Waals surface area contributed by atoms with Crippen molar-refractivity contribution in [3.8, 4) is 5.75 Å². The van der Waals surface area contributed by atoms with Crippen LogP contribution in [-0.2, 0) is 11.2 Å². The number of amides is 1. The van der Waals surface area contributed by atoms with Gasteiger partial charge in [-0.3, -0.25) is 9.78 Å². The second-order valence-corrected chi connectivity index (χ2v) is 5.70. The van der Waals surface area contributed by atoms with E-state index in [4.69, 9.17) is 4.74 Å². The third-order valence-electron chi connectivity index (χ3n) is 3.72. The first-order valence-electron chi connectivity index (χ1n) is 8.01. The number of fused-ring (bicyclic) bond motifs is 1. The van der Waals surface area contributed by atoms with Gasteiger partial charge in [-0.15, -0.1) is 0 Å². The van der Waals surface area contributed by atoms with Gasteiger partial charge in [-0.2, -0.15) is 0 Å². The summed E-state index contributed by atoms with van der Waals surface area (Å²) in [6, 6.07) is 17.7. The minimum Gasteiger partial charge on any atom is -0.489 e. The Bertz CT molecular complexity index is 840. The predicted octanol–water partition coefficient (Wildman–Crippen LogP) is 3.28. The molecular formula is C20H20N2O2. The van der Waals surface area contributed by atoms with E-state index in [1.54, 1.807) is 6.20 Å². The van der Waals surface area contributed by atoms with Gasteiger partial charge in [0.1, 0.15) is 17.9 Å². The number of pyridine rings is 1. The lowest BCUT2D eigenvalue weighted by Crippen LogP contribution is -2.29. The number of aryl methyl sites for hydroxylation is 1. The van der Waals surface area contributed by atoms with Gasteiger partial charge in [0.25, 0.3) is 0 Å². The molecule has 0 aliphatic carbocycles. The van der Waals surface area contributed by atoms with Crippen molar-refractivity contribution >= 4 is 16.8 Å². The number of aromatic nitrogens is 1. The summed E-state index contributed by atoms with van der Waals surface area (Å²) in [6.45, 7) is 2.90. The summed E-state index contributed by atoms with van der Waals surface area (Å²) in [5, 5.41) is 3.92. The third kappa shape index (κ3) is 4.10. The number of hydrogen-bond donors (Lipinski definition) is 1. The molecule has 0 saturated heterocycles.